The highest BCUT2D eigenvalue weighted by atomic mass is 35.5. The maximum absolute atomic E-state index is 12.3. The van der Waals surface area contributed by atoms with Crippen molar-refractivity contribution < 1.29 is 18.8 Å². The third-order valence-electron chi connectivity index (χ3n) is 6.19. The highest BCUT2D eigenvalue weighted by molar-refractivity contribution is 6.30. The summed E-state index contributed by atoms with van der Waals surface area (Å²) in [5.74, 6) is -0.377. The Kier molecular flexibility index (Phi) is 7.97. The van der Waals surface area contributed by atoms with Gasteiger partial charge in [-0.3, -0.25) is 24.9 Å². The summed E-state index contributed by atoms with van der Waals surface area (Å²) in [7, 11) is 0. The number of hydrogen-bond acceptors (Lipinski definition) is 6. The molecule has 1 amide bonds. The average molecular weight is 492 g/mol. The van der Waals surface area contributed by atoms with Gasteiger partial charge in [0.2, 0.25) is 5.91 Å². The van der Waals surface area contributed by atoms with Gasteiger partial charge in [-0.1, -0.05) is 23.7 Å². The number of aromatic nitrogens is 1. The fraction of sp³-hybridized carbons (Fsp3) is 0.417. The molecule has 3 heterocycles. The van der Waals surface area contributed by atoms with Gasteiger partial charge in [-0.05, 0) is 55.1 Å². The lowest BCUT2D eigenvalue weighted by Gasteiger charge is -2.38. The fourth-order valence-corrected chi connectivity index (χ4v) is 4.62. The molecule has 1 aromatic carbocycles. The van der Waals surface area contributed by atoms with E-state index in [0.29, 0.717) is 30.2 Å². The van der Waals surface area contributed by atoms with Crippen LogP contribution in [0.1, 0.15) is 30.4 Å². The summed E-state index contributed by atoms with van der Waals surface area (Å²) in [5.41, 5.74) is 3.65. The number of fused-ring (bicyclic) bond motifs is 1. The lowest BCUT2D eigenvalue weighted by atomic mass is 9.97. The van der Waals surface area contributed by atoms with Crippen LogP contribution in [0.3, 0.4) is 0 Å². The third-order valence-corrected chi connectivity index (χ3v) is 6.45. The van der Waals surface area contributed by atoms with Crippen LogP contribution in [-0.4, -0.2) is 64.7 Å². The zero-order valence-electron chi connectivity index (χ0n) is 18.7. The largest absolute Gasteiger partial charge is 0.350 e. The topological polar surface area (TPSA) is 71.9 Å². The Morgan fingerprint density at radius 1 is 1.26 bits per heavy atom. The van der Waals surface area contributed by atoms with Crippen LogP contribution in [-0.2, 0) is 11.2 Å². The molecular weight excluding hydrogens is 464 g/mol. The predicted molar refractivity (Wildman–Crippen MR) is 127 cm³/mol. The molecule has 0 bridgehead atoms. The van der Waals surface area contributed by atoms with Crippen molar-refractivity contribution in [3.05, 3.63) is 65.1 Å². The molecule has 0 unspecified atom stereocenters. The first-order chi connectivity index (χ1) is 16.4. The summed E-state index contributed by atoms with van der Waals surface area (Å²) in [6.07, 6.45) is 5.46. The molecule has 2 aliphatic heterocycles. The second-order valence-corrected chi connectivity index (χ2v) is 8.98. The molecule has 1 saturated heterocycles. The van der Waals surface area contributed by atoms with E-state index in [1.165, 1.54) is 0 Å². The fourth-order valence-electron chi connectivity index (χ4n) is 4.49. The van der Waals surface area contributed by atoms with Crippen molar-refractivity contribution in [2.75, 3.05) is 31.4 Å². The Bertz CT molecular complexity index is 1020. The number of rotatable bonds is 9. The Morgan fingerprint density at radius 2 is 2.06 bits per heavy atom. The van der Waals surface area contributed by atoms with E-state index in [4.69, 9.17) is 11.6 Å². The first-order valence-electron chi connectivity index (χ1n) is 11.3. The number of hydrogen-bond donors (Lipinski definition) is 2. The van der Waals surface area contributed by atoms with Gasteiger partial charge in [0.1, 0.15) is 5.69 Å². The number of anilines is 1. The maximum atomic E-state index is 12.3. The van der Waals surface area contributed by atoms with E-state index in [9.17, 15) is 18.8 Å². The predicted octanol–water partition coefficient (Wildman–Crippen LogP) is 3.98. The molecule has 1 aromatic heterocycles. The molecule has 2 aliphatic rings. The first kappa shape index (κ1) is 24.4. The molecule has 10 heteroatoms. The molecule has 34 heavy (non-hydrogen) atoms. The molecule has 7 nitrogen and oxygen atoms in total. The lowest BCUT2D eigenvalue weighted by molar-refractivity contribution is -0.122. The van der Waals surface area contributed by atoms with Crippen LogP contribution < -0.4 is 10.5 Å². The number of allylic oxidation sites excluding steroid dienone is 1. The van der Waals surface area contributed by atoms with Gasteiger partial charge in [0.05, 0.1) is 19.3 Å². The first-order valence-corrected chi connectivity index (χ1v) is 11.7. The van der Waals surface area contributed by atoms with E-state index in [-0.39, 0.29) is 18.4 Å². The Labute approximate surface area is 202 Å². The van der Waals surface area contributed by atoms with Gasteiger partial charge in [0.25, 0.3) is 6.43 Å². The molecule has 0 spiro atoms. The minimum Gasteiger partial charge on any atom is -0.350 e. The van der Waals surface area contributed by atoms with Gasteiger partial charge in [-0.2, -0.15) is 5.17 Å². The Morgan fingerprint density at radius 3 is 2.82 bits per heavy atom. The van der Waals surface area contributed by atoms with Crippen LogP contribution in [0.25, 0.3) is 5.57 Å². The highest BCUT2D eigenvalue weighted by Crippen LogP contribution is 2.34. The average Bonchev–Trinajstić information content (AvgIpc) is 3.27. The second kappa shape index (κ2) is 11.1. The summed E-state index contributed by atoms with van der Waals surface area (Å²) < 4.78 is 24.6. The van der Waals surface area contributed by atoms with Gasteiger partial charge >= 0.3 is 0 Å². The molecule has 4 rings (SSSR count). The van der Waals surface area contributed by atoms with E-state index in [0.717, 1.165) is 41.3 Å². The number of carbonyl (C=O) groups excluding carboxylic acids is 1. The van der Waals surface area contributed by atoms with Crippen molar-refractivity contribution in [2.24, 2.45) is 0 Å². The van der Waals surface area contributed by atoms with Gasteiger partial charge < -0.3 is 5.32 Å². The smallest absolute Gasteiger partial charge is 0.255 e. The standard InChI is InChI=1S/C24H28ClF2N5O2/c25-19-5-3-17(4-6-19)12-18-15-31(32(34)22-13-28-9-7-21(18)22)16-20-2-1-10-30(20)11-8-24(33)29-14-23(26)27/h3-7,9,13,15,20,23,34H,1-2,8,10-12,14,16H2,(H,29,33)/t20-/m1/s1. The number of pyridine rings is 1. The van der Waals surface area contributed by atoms with Crippen molar-refractivity contribution in [1.29, 1.82) is 0 Å². The summed E-state index contributed by atoms with van der Waals surface area (Å²) in [4.78, 5) is 18.2. The van der Waals surface area contributed by atoms with Crippen molar-refractivity contribution in [2.45, 2.75) is 38.2 Å². The van der Waals surface area contributed by atoms with Crippen LogP contribution in [0.5, 0.6) is 0 Å². The van der Waals surface area contributed by atoms with Crippen molar-refractivity contribution >= 4 is 28.8 Å². The second-order valence-electron chi connectivity index (χ2n) is 8.54. The highest BCUT2D eigenvalue weighted by Gasteiger charge is 2.31. The number of alkyl halides is 2. The quantitative estimate of drug-likeness (QED) is 0.553. The van der Waals surface area contributed by atoms with Crippen LogP contribution in [0.2, 0.25) is 5.02 Å². The lowest BCUT2D eigenvalue weighted by Crippen LogP contribution is -2.47. The molecule has 182 valence electrons. The normalized spacial score (nSPS) is 18.3. The van der Waals surface area contributed by atoms with Crippen molar-refractivity contribution in [1.82, 2.24) is 20.2 Å². The van der Waals surface area contributed by atoms with Crippen LogP contribution in [0.4, 0.5) is 14.5 Å². The van der Waals surface area contributed by atoms with Crippen LogP contribution in [0, 0.1) is 0 Å². The van der Waals surface area contributed by atoms with E-state index in [2.05, 4.69) is 15.2 Å². The SMILES string of the molecule is O=C(CCN1CCC[C@@H]1CN1C=C(Cc2ccc(Cl)cc2)c2ccncc2N1O)NCC(F)F. The minimum atomic E-state index is -2.55. The van der Waals surface area contributed by atoms with E-state index in [1.54, 1.807) is 17.4 Å². The maximum Gasteiger partial charge on any atom is 0.255 e. The number of nitrogens with zero attached hydrogens (tertiary/aromatic N) is 4. The van der Waals surface area contributed by atoms with Gasteiger partial charge in [0, 0.05) is 42.0 Å². The van der Waals surface area contributed by atoms with Crippen molar-refractivity contribution in [3.8, 4) is 0 Å². The number of nitrogens with one attached hydrogen (secondary N) is 1. The zero-order valence-corrected chi connectivity index (χ0v) is 19.5. The summed E-state index contributed by atoms with van der Waals surface area (Å²) in [6, 6.07) is 9.69. The molecule has 0 aliphatic carbocycles. The minimum absolute atomic E-state index is 0.115. The summed E-state index contributed by atoms with van der Waals surface area (Å²) in [6.45, 7) is 1.21. The van der Waals surface area contributed by atoms with E-state index in [1.807, 2.05) is 36.5 Å². The van der Waals surface area contributed by atoms with Crippen molar-refractivity contribution in [3.63, 3.8) is 0 Å². The van der Waals surface area contributed by atoms with Gasteiger partial charge in [0.15, 0.2) is 0 Å². The van der Waals surface area contributed by atoms with Crippen LogP contribution in [0.15, 0.2) is 48.9 Å². The van der Waals surface area contributed by atoms with E-state index >= 15 is 0 Å². The van der Waals surface area contributed by atoms with Crippen LogP contribution >= 0.6 is 11.6 Å². The number of likely N-dealkylation sites (tertiary alicyclic amines) is 1. The zero-order chi connectivity index (χ0) is 24.1. The Hall–Kier alpha value is -2.75. The number of halogens is 3. The Balaban J connectivity index is 1.45. The summed E-state index contributed by atoms with van der Waals surface area (Å²) >= 11 is 6.03. The number of hydrazine groups is 1. The molecule has 2 aromatic rings. The number of benzene rings is 1. The third kappa shape index (κ3) is 6.02. The van der Waals surface area contributed by atoms with Gasteiger partial charge in [-0.25, -0.2) is 8.78 Å². The summed E-state index contributed by atoms with van der Waals surface area (Å²) in [5, 5.41) is 16.8. The molecule has 0 saturated carbocycles. The monoisotopic (exact) mass is 491 g/mol. The van der Waals surface area contributed by atoms with E-state index < -0.39 is 13.0 Å². The number of amides is 1. The molecule has 2 N–H and O–H groups in total. The molecule has 1 fully saturated rings. The molecule has 1 atom stereocenters. The number of carbonyl (C=O) groups is 1. The molecular formula is C24H28ClF2N5O2. The van der Waals surface area contributed by atoms with Gasteiger partial charge in [-0.15, -0.1) is 0 Å². The molecule has 0 radical (unpaired) electrons.